The number of nitrogens with zero attached hydrogens (tertiary/aromatic N) is 1. The van der Waals surface area contributed by atoms with Gasteiger partial charge in [-0.05, 0) is 59.5 Å². The molecule has 0 aliphatic carbocycles. The van der Waals surface area contributed by atoms with Gasteiger partial charge in [0.25, 0.3) is 11.1 Å². The molecule has 1 heterocycles. The summed E-state index contributed by atoms with van der Waals surface area (Å²) in [6, 6.07) is 13.5. The molecule has 0 atom stereocenters. The minimum absolute atomic E-state index is 0.107. The number of benzene rings is 2. The van der Waals surface area contributed by atoms with Crippen LogP contribution in [0.15, 0.2) is 47.4 Å². The van der Waals surface area contributed by atoms with Crippen LogP contribution in [0.2, 0.25) is 5.02 Å². The highest BCUT2D eigenvalue weighted by Crippen LogP contribution is 2.32. The Morgan fingerprint density at radius 3 is 2.52 bits per heavy atom. The smallest absolute Gasteiger partial charge is 0.295 e. The number of anilines is 1. The fourth-order valence-corrected chi connectivity index (χ4v) is 3.74. The topological polar surface area (TPSA) is 49.4 Å². The average molecular weight is 401 g/mol. The Bertz CT molecular complexity index is 907. The van der Waals surface area contributed by atoms with Gasteiger partial charge in [-0.2, -0.15) is 0 Å². The van der Waals surface area contributed by atoms with Crippen LogP contribution < -0.4 is 5.32 Å². The number of amides is 2. The van der Waals surface area contributed by atoms with Gasteiger partial charge in [0, 0.05) is 10.7 Å². The van der Waals surface area contributed by atoms with Crippen molar-refractivity contribution in [3.63, 3.8) is 0 Å². The van der Waals surface area contributed by atoms with Crippen LogP contribution in [-0.2, 0) is 4.79 Å². The second-order valence-electron chi connectivity index (χ2n) is 6.68. The van der Waals surface area contributed by atoms with Crippen LogP contribution in [0.3, 0.4) is 0 Å². The number of nitrogens with one attached hydrogen (secondary N) is 1. The van der Waals surface area contributed by atoms with E-state index < -0.39 is 0 Å². The Labute approximate surface area is 168 Å². The predicted octanol–water partition coefficient (Wildman–Crippen LogP) is 5.88. The lowest BCUT2D eigenvalue weighted by molar-refractivity contribution is -0.122. The van der Waals surface area contributed by atoms with Gasteiger partial charge < -0.3 is 5.32 Å². The molecule has 0 spiro atoms. The van der Waals surface area contributed by atoms with E-state index in [0.717, 1.165) is 28.6 Å². The third-order valence-corrected chi connectivity index (χ3v) is 5.79. The molecule has 0 bridgehead atoms. The first-order valence-corrected chi connectivity index (χ1v) is 9.90. The van der Waals surface area contributed by atoms with Crippen molar-refractivity contribution in [2.75, 3.05) is 12.0 Å². The lowest BCUT2D eigenvalue weighted by Gasteiger charge is -2.16. The highest BCUT2D eigenvalue weighted by Gasteiger charge is 2.34. The van der Waals surface area contributed by atoms with Crippen LogP contribution in [0.4, 0.5) is 10.5 Å². The second-order valence-corrected chi connectivity index (χ2v) is 8.08. The maximum Gasteiger partial charge on any atom is 0.295 e. The molecule has 4 nitrogen and oxygen atoms in total. The van der Waals surface area contributed by atoms with E-state index >= 15 is 0 Å². The van der Waals surface area contributed by atoms with E-state index in [1.54, 1.807) is 12.1 Å². The van der Waals surface area contributed by atoms with Gasteiger partial charge in [0.2, 0.25) is 0 Å². The number of halogens is 1. The van der Waals surface area contributed by atoms with Crippen molar-refractivity contribution in [1.29, 1.82) is 0 Å². The monoisotopic (exact) mass is 400 g/mol. The summed E-state index contributed by atoms with van der Waals surface area (Å²) < 4.78 is 0. The van der Waals surface area contributed by atoms with Crippen molar-refractivity contribution in [1.82, 2.24) is 4.90 Å². The first-order valence-electron chi connectivity index (χ1n) is 8.71. The van der Waals surface area contributed by atoms with Gasteiger partial charge in [0.15, 0.2) is 0 Å². The van der Waals surface area contributed by atoms with Gasteiger partial charge >= 0.3 is 0 Å². The van der Waals surface area contributed by atoms with Gasteiger partial charge in [0.05, 0.1) is 11.6 Å². The largest absolute Gasteiger partial charge is 0.367 e. The summed E-state index contributed by atoms with van der Waals surface area (Å²) in [6.07, 6.45) is 1.76. The standard InChI is InChI=1S/C21H21ClN2O2S/c1-13(2)16-9-7-15(8-10-16)11-19-20(25)24(21(26)27-19)12-23-18-6-4-5-17(22)14(18)3/h4-11,13,23H,12H2,1-3H3/b19-11+. The van der Waals surface area contributed by atoms with Gasteiger partial charge in [-0.15, -0.1) is 0 Å². The number of imide groups is 1. The predicted molar refractivity (Wildman–Crippen MR) is 113 cm³/mol. The Morgan fingerprint density at radius 2 is 1.85 bits per heavy atom. The van der Waals surface area contributed by atoms with Gasteiger partial charge in [-0.1, -0.05) is 55.8 Å². The molecule has 1 aliphatic heterocycles. The Morgan fingerprint density at radius 1 is 1.15 bits per heavy atom. The van der Waals surface area contributed by atoms with Crippen molar-refractivity contribution < 1.29 is 9.59 Å². The SMILES string of the molecule is Cc1c(Cl)cccc1NCN1C(=O)S/C(=C/c2ccc(C(C)C)cc2)C1=O. The van der Waals surface area contributed by atoms with Crippen molar-refractivity contribution in [2.24, 2.45) is 0 Å². The lowest BCUT2D eigenvalue weighted by atomic mass is 10.0. The molecule has 1 saturated heterocycles. The highest BCUT2D eigenvalue weighted by atomic mass is 35.5. The van der Waals surface area contributed by atoms with E-state index in [4.69, 9.17) is 11.6 Å². The number of hydrogen-bond acceptors (Lipinski definition) is 4. The van der Waals surface area contributed by atoms with Crippen LogP contribution in [0.25, 0.3) is 6.08 Å². The zero-order valence-electron chi connectivity index (χ0n) is 15.5. The molecule has 0 unspecified atom stereocenters. The van der Waals surface area contributed by atoms with E-state index in [2.05, 4.69) is 19.2 Å². The first-order chi connectivity index (χ1) is 12.9. The van der Waals surface area contributed by atoms with E-state index in [-0.39, 0.29) is 17.8 Å². The molecule has 3 rings (SSSR count). The minimum Gasteiger partial charge on any atom is -0.367 e. The van der Waals surface area contributed by atoms with Crippen LogP contribution in [-0.4, -0.2) is 22.7 Å². The molecule has 2 aromatic rings. The van der Waals surface area contributed by atoms with Crippen LogP contribution in [0.5, 0.6) is 0 Å². The average Bonchev–Trinajstić information content (AvgIpc) is 2.90. The molecular formula is C21H21ClN2O2S. The zero-order valence-corrected chi connectivity index (χ0v) is 17.0. The van der Waals surface area contributed by atoms with Crippen molar-refractivity contribution in [3.05, 3.63) is 69.1 Å². The van der Waals surface area contributed by atoms with Crippen LogP contribution in [0, 0.1) is 6.92 Å². The molecule has 1 aliphatic rings. The molecule has 1 fully saturated rings. The Kier molecular flexibility index (Phi) is 5.92. The normalized spacial score (nSPS) is 15.9. The van der Waals surface area contributed by atoms with Crippen molar-refractivity contribution in [2.45, 2.75) is 26.7 Å². The van der Waals surface area contributed by atoms with E-state index in [1.807, 2.05) is 43.3 Å². The number of carbonyl (C=O) groups is 2. The number of carbonyl (C=O) groups excluding carboxylic acids is 2. The quantitative estimate of drug-likeness (QED) is 0.637. The molecule has 6 heteroatoms. The lowest BCUT2D eigenvalue weighted by Crippen LogP contribution is -2.33. The fraction of sp³-hybridized carbons (Fsp3) is 0.238. The number of hydrogen-bond donors (Lipinski definition) is 1. The third-order valence-electron chi connectivity index (χ3n) is 4.47. The number of thioether (sulfide) groups is 1. The Hall–Kier alpha value is -2.24. The molecular weight excluding hydrogens is 380 g/mol. The summed E-state index contributed by atoms with van der Waals surface area (Å²) in [5, 5.41) is 3.48. The zero-order chi connectivity index (χ0) is 19.6. The fourth-order valence-electron chi connectivity index (χ4n) is 2.73. The molecule has 0 radical (unpaired) electrons. The summed E-state index contributed by atoms with van der Waals surface area (Å²) in [5.41, 5.74) is 3.83. The summed E-state index contributed by atoms with van der Waals surface area (Å²) in [7, 11) is 0. The third kappa shape index (κ3) is 4.37. The van der Waals surface area contributed by atoms with Gasteiger partial charge in [-0.3, -0.25) is 14.5 Å². The van der Waals surface area contributed by atoms with E-state index in [9.17, 15) is 9.59 Å². The van der Waals surface area contributed by atoms with Gasteiger partial charge in [0.1, 0.15) is 0 Å². The molecule has 1 N–H and O–H groups in total. The molecule has 0 aromatic heterocycles. The summed E-state index contributed by atoms with van der Waals surface area (Å²) in [6.45, 7) is 6.26. The van der Waals surface area contributed by atoms with Crippen molar-refractivity contribution >= 4 is 46.3 Å². The maximum atomic E-state index is 12.6. The first kappa shape index (κ1) is 19.5. The molecule has 2 aromatic carbocycles. The van der Waals surface area contributed by atoms with E-state index in [0.29, 0.717) is 15.8 Å². The maximum absolute atomic E-state index is 12.6. The van der Waals surface area contributed by atoms with E-state index in [1.165, 1.54) is 10.5 Å². The Balaban J connectivity index is 1.71. The summed E-state index contributed by atoms with van der Waals surface area (Å²) >= 11 is 7.07. The van der Waals surface area contributed by atoms with Gasteiger partial charge in [-0.25, -0.2) is 0 Å². The summed E-state index contributed by atoms with van der Waals surface area (Å²) in [5.74, 6) is 0.164. The summed E-state index contributed by atoms with van der Waals surface area (Å²) in [4.78, 5) is 26.5. The van der Waals surface area contributed by atoms with Crippen LogP contribution >= 0.6 is 23.4 Å². The highest BCUT2D eigenvalue weighted by molar-refractivity contribution is 8.18. The molecule has 140 valence electrons. The minimum atomic E-state index is -0.287. The molecule has 2 amide bonds. The van der Waals surface area contributed by atoms with Crippen LogP contribution in [0.1, 0.15) is 36.5 Å². The number of rotatable bonds is 5. The second kappa shape index (κ2) is 8.19. The molecule has 27 heavy (non-hydrogen) atoms. The molecule has 0 saturated carbocycles. The van der Waals surface area contributed by atoms with Crippen molar-refractivity contribution in [3.8, 4) is 0 Å².